The van der Waals surface area contributed by atoms with E-state index in [9.17, 15) is 9.59 Å². The molecule has 0 saturated heterocycles. The lowest BCUT2D eigenvalue weighted by Crippen LogP contribution is -2.33. The Morgan fingerprint density at radius 2 is 2.00 bits per heavy atom. The van der Waals surface area contributed by atoms with Crippen LogP contribution in [0, 0.1) is 17.3 Å². The molecule has 0 aromatic heterocycles. The van der Waals surface area contributed by atoms with Gasteiger partial charge in [-0.25, -0.2) is 0 Å². The zero-order valence-corrected chi connectivity index (χ0v) is 9.90. The van der Waals surface area contributed by atoms with E-state index in [1.165, 1.54) is 0 Å². The van der Waals surface area contributed by atoms with Crippen molar-refractivity contribution < 1.29 is 19.8 Å². The number of hydrogen-bond donors (Lipinski definition) is 2. The lowest BCUT2D eigenvalue weighted by Gasteiger charge is -2.37. The van der Waals surface area contributed by atoms with E-state index in [-0.39, 0.29) is 17.8 Å². The number of aliphatic carboxylic acids is 2. The fraction of sp³-hybridized carbons (Fsp3) is 0.833. The Morgan fingerprint density at radius 3 is 2.44 bits per heavy atom. The quantitative estimate of drug-likeness (QED) is 0.774. The van der Waals surface area contributed by atoms with E-state index in [1.807, 2.05) is 0 Å². The SMILES string of the molecule is CC1(C)CCCC(C(CC(=O)O)C(=O)O)C1. The molecule has 4 heteroatoms. The van der Waals surface area contributed by atoms with Crippen molar-refractivity contribution in [2.45, 2.75) is 46.0 Å². The molecule has 92 valence electrons. The van der Waals surface area contributed by atoms with Crippen molar-refractivity contribution in [1.29, 1.82) is 0 Å². The van der Waals surface area contributed by atoms with Gasteiger partial charge in [0.25, 0.3) is 0 Å². The van der Waals surface area contributed by atoms with Gasteiger partial charge < -0.3 is 10.2 Å². The van der Waals surface area contributed by atoms with Crippen LogP contribution in [-0.2, 0) is 9.59 Å². The Hall–Kier alpha value is -1.06. The van der Waals surface area contributed by atoms with Gasteiger partial charge in [-0.2, -0.15) is 0 Å². The minimum Gasteiger partial charge on any atom is -0.481 e. The van der Waals surface area contributed by atoms with Crippen molar-refractivity contribution >= 4 is 11.9 Å². The highest BCUT2D eigenvalue weighted by Crippen LogP contribution is 2.42. The maximum atomic E-state index is 11.1. The van der Waals surface area contributed by atoms with Crippen LogP contribution in [0.5, 0.6) is 0 Å². The molecular weight excluding hydrogens is 208 g/mol. The van der Waals surface area contributed by atoms with Gasteiger partial charge in [0.05, 0.1) is 12.3 Å². The van der Waals surface area contributed by atoms with E-state index in [0.29, 0.717) is 0 Å². The molecule has 0 aromatic rings. The molecule has 1 fully saturated rings. The molecular formula is C12H20O4. The molecule has 2 unspecified atom stereocenters. The third-order valence-corrected chi connectivity index (χ3v) is 3.52. The van der Waals surface area contributed by atoms with Gasteiger partial charge in [-0.3, -0.25) is 9.59 Å². The highest BCUT2D eigenvalue weighted by Gasteiger charge is 2.36. The average Bonchev–Trinajstić information content (AvgIpc) is 2.11. The summed E-state index contributed by atoms with van der Waals surface area (Å²) in [6.07, 6.45) is 3.50. The first-order valence-corrected chi connectivity index (χ1v) is 5.76. The second kappa shape index (κ2) is 4.85. The summed E-state index contributed by atoms with van der Waals surface area (Å²) in [6, 6.07) is 0. The Bertz CT molecular complexity index is 283. The van der Waals surface area contributed by atoms with Crippen LogP contribution in [0.1, 0.15) is 46.0 Å². The number of rotatable bonds is 4. The number of carboxylic acids is 2. The molecule has 0 aliphatic heterocycles. The van der Waals surface area contributed by atoms with E-state index in [0.717, 1.165) is 25.7 Å². The van der Waals surface area contributed by atoms with Gasteiger partial charge in [0.2, 0.25) is 0 Å². The van der Waals surface area contributed by atoms with Crippen molar-refractivity contribution in [2.24, 2.45) is 17.3 Å². The first-order chi connectivity index (χ1) is 7.32. The van der Waals surface area contributed by atoms with Crippen molar-refractivity contribution in [3.63, 3.8) is 0 Å². The summed E-state index contributed by atoms with van der Waals surface area (Å²) in [7, 11) is 0. The Kier molecular flexibility index (Phi) is 3.94. The fourth-order valence-electron chi connectivity index (χ4n) is 2.74. The van der Waals surface area contributed by atoms with Gasteiger partial charge >= 0.3 is 11.9 Å². The van der Waals surface area contributed by atoms with Crippen LogP contribution in [0.3, 0.4) is 0 Å². The van der Waals surface area contributed by atoms with E-state index in [2.05, 4.69) is 13.8 Å². The van der Waals surface area contributed by atoms with Gasteiger partial charge in [0.15, 0.2) is 0 Å². The van der Waals surface area contributed by atoms with Crippen LogP contribution in [-0.4, -0.2) is 22.2 Å². The van der Waals surface area contributed by atoms with Crippen molar-refractivity contribution in [1.82, 2.24) is 0 Å². The smallest absolute Gasteiger partial charge is 0.307 e. The Labute approximate surface area is 95.7 Å². The monoisotopic (exact) mass is 228 g/mol. The lowest BCUT2D eigenvalue weighted by molar-refractivity contribution is -0.151. The zero-order valence-electron chi connectivity index (χ0n) is 9.90. The van der Waals surface area contributed by atoms with Crippen molar-refractivity contribution in [3.05, 3.63) is 0 Å². The van der Waals surface area contributed by atoms with Gasteiger partial charge in [-0.1, -0.05) is 20.3 Å². The normalized spacial score (nSPS) is 26.0. The molecule has 1 aliphatic carbocycles. The topological polar surface area (TPSA) is 74.6 Å². The highest BCUT2D eigenvalue weighted by atomic mass is 16.4. The summed E-state index contributed by atoms with van der Waals surface area (Å²) in [5.41, 5.74) is 0.148. The highest BCUT2D eigenvalue weighted by molar-refractivity contribution is 5.78. The molecule has 2 atom stereocenters. The summed E-state index contributed by atoms with van der Waals surface area (Å²) >= 11 is 0. The molecule has 1 rings (SSSR count). The number of carbonyl (C=O) groups is 2. The average molecular weight is 228 g/mol. The second-order valence-corrected chi connectivity index (χ2v) is 5.56. The minimum absolute atomic E-state index is 0.0114. The predicted octanol–water partition coefficient (Wildman–Crippen LogP) is 2.38. The third-order valence-electron chi connectivity index (χ3n) is 3.52. The summed E-state index contributed by atoms with van der Waals surface area (Å²) in [5, 5.41) is 17.8. The van der Waals surface area contributed by atoms with Crippen molar-refractivity contribution in [2.75, 3.05) is 0 Å². The van der Waals surface area contributed by atoms with Crippen LogP contribution in [0.15, 0.2) is 0 Å². The summed E-state index contributed by atoms with van der Waals surface area (Å²) in [4.78, 5) is 21.7. The van der Waals surface area contributed by atoms with E-state index in [1.54, 1.807) is 0 Å². The molecule has 1 saturated carbocycles. The zero-order chi connectivity index (χ0) is 12.3. The maximum absolute atomic E-state index is 11.1. The van der Waals surface area contributed by atoms with E-state index in [4.69, 9.17) is 10.2 Å². The van der Waals surface area contributed by atoms with Crippen molar-refractivity contribution in [3.8, 4) is 0 Å². The number of carboxylic acid groups (broad SMARTS) is 2. The minimum atomic E-state index is -1.02. The largest absolute Gasteiger partial charge is 0.481 e. The Morgan fingerprint density at radius 1 is 1.38 bits per heavy atom. The molecule has 0 aromatic carbocycles. The van der Waals surface area contributed by atoms with Crippen LogP contribution in [0.25, 0.3) is 0 Å². The van der Waals surface area contributed by atoms with Crippen LogP contribution in [0.2, 0.25) is 0 Å². The molecule has 2 N–H and O–H groups in total. The molecule has 0 spiro atoms. The molecule has 1 aliphatic rings. The van der Waals surface area contributed by atoms with Crippen LogP contribution >= 0.6 is 0 Å². The van der Waals surface area contributed by atoms with E-state index >= 15 is 0 Å². The second-order valence-electron chi connectivity index (χ2n) is 5.56. The molecule has 0 heterocycles. The van der Waals surface area contributed by atoms with Gasteiger partial charge in [-0.05, 0) is 30.6 Å². The molecule has 0 radical (unpaired) electrons. The van der Waals surface area contributed by atoms with Gasteiger partial charge in [-0.15, -0.1) is 0 Å². The lowest BCUT2D eigenvalue weighted by atomic mass is 9.67. The van der Waals surface area contributed by atoms with Gasteiger partial charge in [0, 0.05) is 0 Å². The third kappa shape index (κ3) is 3.51. The summed E-state index contributed by atoms with van der Waals surface area (Å²) < 4.78 is 0. The Balaban J connectivity index is 2.70. The van der Waals surface area contributed by atoms with E-state index < -0.39 is 17.9 Å². The standard InChI is InChI=1S/C12H20O4/c1-12(2)5-3-4-8(7-12)9(11(15)16)6-10(13)14/h8-9H,3-7H2,1-2H3,(H,13,14)(H,15,16). The first kappa shape index (κ1) is 13.0. The van der Waals surface area contributed by atoms with Crippen LogP contribution < -0.4 is 0 Å². The summed E-state index contributed by atoms with van der Waals surface area (Å²) in [6.45, 7) is 4.25. The fourth-order valence-corrected chi connectivity index (χ4v) is 2.74. The molecule has 0 bridgehead atoms. The molecule has 4 nitrogen and oxygen atoms in total. The predicted molar refractivity (Wildman–Crippen MR) is 59.1 cm³/mol. The maximum Gasteiger partial charge on any atom is 0.307 e. The number of hydrogen-bond acceptors (Lipinski definition) is 2. The first-order valence-electron chi connectivity index (χ1n) is 5.76. The molecule has 16 heavy (non-hydrogen) atoms. The molecule has 0 amide bonds. The van der Waals surface area contributed by atoms with Crippen LogP contribution in [0.4, 0.5) is 0 Å². The van der Waals surface area contributed by atoms with Gasteiger partial charge in [0.1, 0.15) is 0 Å². The summed E-state index contributed by atoms with van der Waals surface area (Å²) in [5.74, 6) is -2.70.